The number of hydrogen-bond acceptors (Lipinski definition) is 3. The molecule has 0 amide bonds. The first-order chi connectivity index (χ1) is 9.01. The van der Waals surface area contributed by atoms with E-state index in [0.29, 0.717) is 24.5 Å². The van der Waals surface area contributed by atoms with Crippen LogP contribution in [0.4, 0.5) is 0 Å². The molecule has 0 atom stereocenters. The Morgan fingerprint density at radius 3 is 2.42 bits per heavy atom. The molecule has 4 heteroatoms. The molecule has 4 nitrogen and oxygen atoms in total. The van der Waals surface area contributed by atoms with E-state index < -0.39 is 5.97 Å². The molecule has 0 aliphatic rings. The normalized spacial score (nSPS) is 10.6. The fourth-order valence-electron chi connectivity index (χ4n) is 2.22. The average molecular weight is 266 g/mol. The van der Waals surface area contributed by atoms with Crippen molar-refractivity contribution in [2.24, 2.45) is 0 Å². The van der Waals surface area contributed by atoms with Crippen LogP contribution in [0.3, 0.4) is 0 Å². The van der Waals surface area contributed by atoms with Gasteiger partial charge in [0.1, 0.15) is 0 Å². The third kappa shape index (κ3) is 3.88. The smallest absolute Gasteiger partial charge is 0.303 e. The lowest BCUT2D eigenvalue weighted by Crippen LogP contribution is -2.04. The van der Waals surface area contributed by atoms with Crippen LogP contribution in [-0.4, -0.2) is 25.3 Å². The second-order valence-corrected chi connectivity index (χ2v) is 4.77. The van der Waals surface area contributed by atoms with Crippen LogP contribution in [0, 0.1) is 0 Å². The molecule has 0 unspecified atom stereocenters. The highest BCUT2D eigenvalue weighted by molar-refractivity contribution is 5.66. The van der Waals surface area contributed by atoms with Gasteiger partial charge in [0.2, 0.25) is 0 Å². The zero-order valence-corrected chi connectivity index (χ0v) is 12.0. The summed E-state index contributed by atoms with van der Waals surface area (Å²) in [6.07, 6.45) is 1.44. The Morgan fingerprint density at radius 2 is 1.95 bits per heavy atom. The Morgan fingerprint density at radius 1 is 1.26 bits per heavy atom. The minimum atomic E-state index is -0.770. The maximum absolute atomic E-state index is 10.6. The quantitative estimate of drug-likeness (QED) is 0.823. The summed E-state index contributed by atoms with van der Waals surface area (Å²) in [6, 6.07) is 3.93. The highest BCUT2D eigenvalue weighted by Gasteiger charge is 2.16. The monoisotopic (exact) mass is 266 g/mol. The summed E-state index contributed by atoms with van der Waals surface area (Å²) in [5, 5.41) is 8.74. The molecule has 0 saturated carbocycles. The number of carboxylic acids is 1. The highest BCUT2D eigenvalue weighted by Crippen LogP contribution is 2.37. The topological polar surface area (TPSA) is 55.8 Å². The van der Waals surface area contributed by atoms with Gasteiger partial charge in [-0.1, -0.05) is 19.9 Å². The van der Waals surface area contributed by atoms with Gasteiger partial charge in [0.05, 0.1) is 14.2 Å². The summed E-state index contributed by atoms with van der Waals surface area (Å²) < 4.78 is 10.7. The largest absolute Gasteiger partial charge is 0.493 e. The van der Waals surface area contributed by atoms with Gasteiger partial charge in [0, 0.05) is 12.0 Å². The first kappa shape index (κ1) is 15.3. The molecule has 1 aromatic carbocycles. The zero-order chi connectivity index (χ0) is 14.4. The number of benzene rings is 1. The molecular weight excluding hydrogens is 244 g/mol. The van der Waals surface area contributed by atoms with Crippen molar-refractivity contribution >= 4 is 5.97 Å². The summed E-state index contributed by atoms with van der Waals surface area (Å²) in [7, 11) is 3.22. The molecule has 0 aromatic heterocycles. The van der Waals surface area contributed by atoms with Crippen molar-refractivity contribution in [2.45, 2.75) is 39.0 Å². The van der Waals surface area contributed by atoms with E-state index >= 15 is 0 Å². The molecule has 1 N–H and O–H groups in total. The van der Waals surface area contributed by atoms with Crippen molar-refractivity contribution in [3.05, 3.63) is 23.3 Å². The number of methoxy groups -OCH3 is 2. The van der Waals surface area contributed by atoms with Gasteiger partial charge in [-0.25, -0.2) is 0 Å². The second kappa shape index (κ2) is 7.02. The molecule has 0 saturated heterocycles. The van der Waals surface area contributed by atoms with Crippen LogP contribution in [0.5, 0.6) is 11.5 Å². The van der Waals surface area contributed by atoms with Crippen LogP contribution < -0.4 is 9.47 Å². The summed E-state index contributed by atoms with van der Waals surface area (Å²) in [5.74, 6) is 1.00. The number of aliphatic carboxylic acids is 1. The SMILES string of the molecule is COc1ccc(C(C)C)c(CCCC(=O)O)c1OC. The van der Waals surface area contributed by atoms with E-state index in [9.17, 15) is 4.79 Å². The second-order valence-electron chi connectivity index (χ2n) is 4.77. The minimum Gasteiger partial charge on any atom is -0.493 e. The maximum Gasteiger partial charge on any atom is 0.303 e. The zero-order valence-electron chi connectivity index (χ0n) is 12.0. The summed E-state index contributed by atoms with van der Waals surface area (Å²) in [4.78, 5) is 10.6. The van der Waals surface area contributed by atoms with E-state index in [1.165, 1.54) is 5.56 Å². The van der Waals surface area contributed by atoms with E-state index in [1.807, 2.05) is 12.1 Å². The van der Waals surface area contributed by atoms with Gasteiger partial charge in [0.25, 0.3) is 0 Å². The van der Waals surface area contributed by atoms with Gasteiger partial charge in [-0.3, -0.25) is 4.79 Å². The lowest BCUT2D eigenvalue weighted by atomic mass is 9.92. The van der Waals surface area contributed by atoms with E-state index in [0.717, 1.165) is 11.3 Å². The van der Waals surface area contributed by atoms with Gasteiger partial charge < -0.3 is 14.6 Å². The molecule has 0 spiro atoms. The van der Waals surface area contributed by atoms with Crippen LogP contribution in [0.25, 0.3) is 0 Å². The Hall–Kier alpha value is -1.71. The number of hydrogen-bond donors (Lipinski definition) is 1. The van der Waals surface area contributed by atoms with Gasteiger partial charge in [-0.2, -0.15) is 0 Å². The van der Waals surface area contributed by atoms with E-state index in [4.69, 9.17) is 14.6 Å². The molecular formula is C15H22O4. The number of carboxylic acid groups (broad SMARTS) is 1. The van der Waals surface area contributed by atoms with Gasteiger partial charge >= 0.3 is 5.97 Å². The average Bonchev–Trinajstić information content (AvgIpc) is 2.37. The molecule has 1 aromatic rings. The van der Waals surface area contributed by atoms with Crippen molar-refractivity contribution in [1.82, 2.24) is 0 Å². The highest BCUT2D eigenvalue weighted by atomic mass is 16.5. The van der Waals surface area contributed by atoms with Crippen molar-refractivity contribution in [2.75, 3.05) is 14.2 Å². The Bertz CT molecular complexity index is 438. The molecule has 106 valence electrons. The number of ether oxygens (including phenoxy) is 2. The lowest BCUT2D eigenvalue weighted by molar-refractivity contribution is -0.137. The fourth-order valence-corrected chi connectivity index (χ4v) is 2.22. The van der Waals surface area contributed by atoms with Crippen LogP contribution in [0.2, 0.25) is 0 Å². The standard InChI is InChI=1S/C15H22O4/c1-10(2)11-8-9-13(18-3)15(19-4)12(11)6-5-7-14(16)17/h8-10H,5-7H2,1-4H3,(H,16,17). The molecule has 1 rings (SSSR count). The van der Waals surface area contributed by atoms with E-state index in [2.05, 4.69) is 13.8 Å². The third-order valence-electron chi connectivity index (χ3n) is 3.12. The van der Waals surface area contributed by atoms with Crippen LogP contribution in [0.15, 0.2) is 12.1 Å². The predicted molar refractivity (Wildman–Crippen MR) is 74.2 cm³/mol. The molecule has 0 aliphatic heterocycles. The van der Waals surface area contributed by atoms with Crippen molar-refractivity contribution in [1.29, 1.82) is 0 Å². The van der Waals surface area contributed by atoms with Crippen molar-refractivity contribution < 1.29 is 19.4 Å². The Kier molecular flexibility index (Phi) is 5.67. The van der Waals surface area contributed by atoms with Crippen LogP contribution >= 0.6 is 0 Å². The molecule has 0 heterocycles. The summed E-state index contributed by atoms with van der Waals surface area (Å²) in [5.41, 5.74) is 2.24. The first-order valence-electron chi connectivity index (χ1n) is 6.46. The fraction of sp³-hybridized carbons (Fsp3) is 0.533. The lowest BCUT2D eigenvalue weighted by Gasteiger charge is -2.18. The van der Waals surface area contributed by atoms with Gasteiger partial charge in [-0.15, -0.1) is 0 Å². The number of carbonyl (C=O) groups is 1. The molecule has 0 fully saturated rings. The van der Waals surface area contributed by atoms with Crippen LogP contribution in [0.1, 0.15) is 43.7 Å². The van der Waals surface area contributed by atoms with Gasteiger partial charge in [0.15, 0.2) is 11.5 Å². The first-order valence-corrected chi connectivity index (χ1v) is 6.46. The van der Waals surface area contributed by atoms with E-state index in [-0.39, 0.29) is 6.42 Å². The van der Waals surface area contributed by atoms with Crippen LogP contribution in [-0.2, 0) is 11.2 Å². The minimum absolute atomic E-state index is 0.165. The van der Waals surface area contributed by atoms with Gasteiger partial charge in [-0.05, 0) is 30.4 Å². The third-order valence-corrected chi connectivity index (χ3v) is 3.12. The summed E-state index contributed by atoms with van der Waals surface area (Å²) in [6.45, 7) is 4.23. The molecule has 19 heavy (non-hydrogen) atoms. The molecule has 0 aliphatic carbocycles. The van der Waals surface area contributed by atoms with Crippen molar-refractivity contribution in [3.8, 4) is 11.5 Å². The Labute approximate surface area is 114 Å². The molecule has 0 bridgehead atoms. The molecule has 0 radical (unpaired) electrons. The number of rotatable bonds is 7. The van der Waals surface area contributed by atoms with E-state index in [1.54, 1.807) is 14.2 Å². The van der Waals surface area contributed by atoms with Crippen molar-refractivity contribution in [3.63, 3.8) is 0 Å². The predicted octanol–water partition coefficient (Wildman–Crippen LogP) is 3.23. The maximum atomic E-state index is 10.6. The summed E-state index contributed by atoms with van der Waals surface area (Å²) >= 11 is 0. The Balaban J connectivity index is 3.10.